The summed E-state index contributed by atoms with van der Waals surface area (Å²) in [5, 5.41) is 19.8. The van der Waals surface area contributed by atoms with Gasteiger partial charge in [0, 0.05) is 10.0 Å². The van der Waals surface area contributed by atoms with E-state index in [0.29, 0.717) is 14.5 Å². The van der Waals surface area contributed by atoms with Gasteiger partial charge in [-0.25, -0.2) is 0 Å². The molecule has 104 valence electrons. The Kier molecular flexibility index (Phi) is 7.73. The summed E-state index contributed by atoms with van der Waals surface area (Å²) in [5.41, 5.74) is 6.68. The minimum absolute atomic E-state index is 0. The lowest BCUT2D eigenvalue weighted by molar-refractivity contribution is 0.0974. The Hall–Kier alpha value is 0.670. The van der Waals surface area contributed by atoms with Gasteiger partial charge in [0.2, 0.25) is 0 Å². The summed E-state index contributed by atoms with van der Waals surface area (Å²) in [6.07, 6.45) is -0.678. The molecule has 0 aliphatic carbocycles. The highest BCUT2D eigenvalue weighted by molar-refractivity contribution is 9.11. The molecule has 2 atom stereocenters. The van der Waals surface area contributed by atoms with Crippen molar-refractivity contribution in [2.75, 3.05) is 0 Å². The molecule has 0 radical (unpaired) electrons. The van der Waals surface area contributed by atoms with Crippen molar-refractivity contribution in [1.82, 2.24) is 0 Å². The number of halogens is 4. The number of nitrogens with two attached hydrogens (primary N) is 1. The molecule has 0 spiro atoms. The maximum atomic E-state index is 10.00. The minimum atomic E-state index is -0.678. The Morgan fingerprint density at radius 2 is 1.67 bits per heavy atom. The first-order valence-electron chi connectivity index (χ1n) is 5.07. The number of hydrogen-bond acceptors (Lipinski definition) is 3. The van der Waals surface area contributed by atoms with Crippen LogP contribution in [0.4, 0.5) is 0 Å². The second-order valence-electron chi connectivity index (χ2n) is 4.18. The van der Waals surface area contributed by atoms with Gasteiger partial charge in [-0.1, -0.05) is 29.8 Å². The number of aliphatic hydroxyl groups is 1. The Morgan fingerprint density at radius 3 is 2.11 bits per heavy atom. The zero-order valence-corrected chi connectivity index (χ0v) is 15.4. The van der Waals surface area contributed by atoms with Crippen LogP contribution in [-0.4, -0.2) is 16.3 Å². The standard InChI is InChI=1S/C11H14Br3NO2.ClH/c1-4(2)10(16)9(15)7-5(12)3-6(13)11(17)8(7)14;/h3-4,9-10,16-17H,15H2,1-2H3;1H/t9-,10+;/m1./s1. The lowest BCUT2D eigenvalue weighted by Crippen LogP contribution is -2.31. The van der Waals surface area contributed by atoms with Gasteiger partial charge in [-0.05, 0) is 43.8 Å². The second-order valence-corrected chi connectivity index (χ2v) is 6.68. The van der Waals surface area contributed by atoms with E-state index in [1.54, 1.807) is 6.07 Å². The van der Waals surface area contributed by atoms with Gasteiger partial charge in [0.1, 0.15) is 5.75 Å². The Morgan fingerprint density at radius 1 is 1.17 bits per heavy atom. The van der Waals surface area contributed by atoms with E-state index in [9.17, 15) is 10.2 Å². The Labute approximate surface area is 138 Å². The van der Waals surface area contributed by atoms with Crippen molar-refractivity contribution in [3.63, 3.8) is 0 Å². The van der Waals surface area contributed by atoms with Crippen molar-refractivity contribution < 1.29 is 10.2 Å². The molecule has 0 aliphatic heterocycles. The molecule has 0 saturated carbocycles. The summed E-state index contributed by atoms with van der Waals surface area (Å²) in [6, 6.07) is 1.14. The van der Waals surface area contributed by atoms with E-state index in [4.69, 9.17) is 5.73 Å². The number of benzene rings is 1. The van der Waals surface area contributed by atoms with Crippen LogP contribution in [0.25, 0.3) is 0 Å². The third-order valence-electron chi connectivity index (χ3n) is 2.57. The first-order valence-corrected chi connectivity index (χ1v) is 7.45. The molecule has 1 aromatic carbocycles. The van der Waals surface area contributed by atoms with E-state index >= 15 is 0 Å². The average molecular weight is 468 g/mol. The van der Waals surface area contributed by atoms with E-state index in [1.165, 1.54) is 0 Å². The van der Waals surface area contributed by atoms with Crippen LogP contribution < -0.4 is 5.73 Å². The number of aliphatic hydroxyl groups excluding tert-OH is 1. The molecule has 7 heteroatoms. The predicted octanol–water partition coefficient (Wildman–Crippen LogP) is 4.12. The van der Waals surface area contributed by atoms with Gasteiger partial charge in [0.05, 0.1) is 21.1 Å². The second kappa shape index (κ2) is 7.45. The molecule has 0 unspecified atom stereocenters. The molecule has 0 bridgehead atoms. The molecule has 0 fully saturated rings. The smallest absolute Gasteiger partial charge is 0.144 e. The van der Waals surface area contributed by atoms with Gasteiger partial charge in [-0.3, -0.25) is 0 Å². The molecule has 1 rings (SSSR count). The fourth-order valence-electron chi connectivity index (χ4n) is 1.49. The van der Waals surface area contributed by atoms with Crippen molar-refractivity contribution in [3.8, 4) is 5.75 Å². The topological polar surface area (TPSA) is 66.5 Å². The molecule has 0 heterocycles. The molecular formula is C11H15Br3ClNO2. The molecule has 4 N–H and O–H groups in total. The van der Waals surface area contributed by atoms with Crippen LogP contribution in [0.1, 0.15) is 25.5 Å². The van der Waals surface area contributed by atoms with E-state index in [2.05, 4.69) is 47.8 Å². The van der Waals surface area contributed by atoms with Gasteiger partial charge in [0.25, 0.3) is 0 Å². The zero-order chi connectivity index (χ0) is 13.3. The highest BCUT2D eigenvalue weighted by Crippen LogP contribution is 2.42. The number of rotatable bonds is 3. The Bertz CT molecular complexity index is 429. The van der Waals surface area contributed by atoms with Crippen LogP contribution >= 0.6 is 60.2 Å². The summed E-state index contributed by atoms with van der Waals surface area (Å²) < 4.78 is 1.79. The highest BCUT2D eigenvalue weighted by atomic mass is 79.9. The van der Waals surface area contributed by atoms with E-state index in [0.717, 1.165) is 4.47 Å². The SMILES string of the molecule is CC(C)[C@H](O)[C@H](N)c1c(Br)cc(Br)c(O)c1Br.Cl. The third kappa shape index (κ3) is 3.84. The first kappa shape index (κ1) is 18.7. The number of phenols is 1. The van der Waals surface area contributed by atoms with Gasteiger partial charge in [-0.15, -0.1) is 12.4 Å². The van der Waals surface area contributed by atoms with E-state index < -0.39 is 12.1 Å². The summed E-state index contributed by atoms with van der Waals surface area (Å²) in [5.74, 6) is 0.115. The lowest BCUT2D eigenvalue weighted by Gasteiger charge is -2.25. The maximum Gasteiger partial charge on any atom is 0.144 e. The van der Waals surface area contributed by atoms with Crippen LogP contribution in [0.15, 0.2) is 19.5 Å². The largest absolute Gasteiger partial charge is 0.506 e. The van der Waals surface area contributed by atoms with Crippen molar-refractivity contribution >= 4 is 60.2 Å². The molecular weight excluding hydrogens is 453 g/mol. The van der Waals surface area contributed by atoms with Crippen molar-refractivity contribution in [2.24, 2.45) is 11.7 Å². The summed E-state index contributed by atoms with van der Waals surface area (Å²) >= 11 is 9.92. The predicted molar refractivity (Wildman–Crippen MR) is 86.2 cm³/mol. The molecule has 3 nitrogen and oxygen atoms in total. The highest BCUT2D eigenvalue weighted by Gasteiger charge is 2.26. The normalized spacial score (nSPS) is 14.2. The van der Waals surface area contributed by atoms with Crippen molar-refractivity contribution in [3.05, 3.63) is 25.0 Å². The molecule has 18 heavy (non-hydrogen) atoms. The quantitative estimate of drug-likeness (QED) is 0.626. The Balaban J connectivity index is 0.00000289. The van der Waals surface area contributed by atoms with Gasteiger partial charge in [0.15, 0.2) is 0 Å². The fraction of sp³-hybridized carbons (Fsp3) is 0.455. The molecule has 1 aromatic rings. The van der Waals surface area contributed by atoms with Crippen LogP contribution in [0, 0.1) is 5.92 Å². The van der Waals surface area contributed by atoms with Crippen LogP contribution in [0.2, 0.25) is 0 Å². The summed E-state index contributed by atoms with van der Waals surface area (Å²) in [4.78, 5) is 0. The number of phenolic OH excluding ortho intramolecular Hbond substituents is 1. The van der Waals surface area contributed by atoms with Gasteiger partial charge < -0.3 is 15.9 Å². The van der Waals surface area contributed by atoms with Crippen LogP contribution in [-0.2, 0) is 0 Å². The minimum Gasteiger partial charge on any atom is -0.506 e. The van der Waals surface area contributed by atoms with Gasteiger partial charge >= 0.3 is 0 Å². The van der Waals surface area contributed by atoms with Crippen LogP contribution in [0.5, 0.6) is 5.75 Å². The fourth-order valence-corrected chi connectivity index (χ4v) is 4.14. The maximum absolute atomic E-state index is 10.00. The molecule has 0 aliphatic rings. The number of aromatic hydroxyl groups is 1. The van der Waals surface area contributed by atoms with Gasteiger partial charge in [-0.2, -0.15) is 0 Å². The van der Waals surface area contributed by atoms with E-state index in [1.807, 2.05) is 13.8 Å². The van der Waals surface area contributed by atoms with Crippen molar-refractivity contribution in [1.29, 1.82) is 0 Å². The first-order chi connectivity index (χ1) is 7.77. The lowest BCUT2D eigenvalue weighted by atomic mass is 9.94. The monoisotopic (exact) mass is 465 g/mol. The molecule has 0 amide bonds. The number of hydrogen-bond donors (Lipinski definition) is 3. The summed E-state index contributed by atoms with van der Waals surface area (Å²) in [6.45, 7) is 3.79. The average Bonchev–Trinajstić information content (AvgIpc) is 2.24. The van der Waals surface area contributed by atoms with Crippen molar-refractivity contribution in [2.45, 2.75) is 26.0 Å². The molecule has 0 saturated heterocycles. The van der Waals surface area contributed by atoms with E-state index in [-0.39, 0.29) is 24.1 Å². The summed E-state index contributed by atoms with van der Waals surface area (Å²) in [7, 11) is 0. The zero-order valence-electron chi connectivity index (χ0n) is 9.82. The van der Waals surface area contributed by atoms with Crippen LogP contribution in [0.3, 0.4) is 0 Å². The molecule has 0 aromatic heterocycles. The third-order valence-corrected chi connectivity index (χ3v) is 4.63.